The zero-order chi connectivity index (χ0) is 17.8. The molecule has 0 aromatic heterocycles. The molecule has 134 valence electrons. The van der Waals surface area contributed by atoms with Crippen molar-refractivity contribution in [3.8, 4) is 5.75 Å². The SMILES string of the molecule is CCCCOc1ccc(C(=O)N2CC(CN3C(=O)COC3=O)C2)cc1. The number of carbonyl (C=O) groups excluding carboxylic acids is 3. The maximum Gasteiger partial charge on any atom is 0.417 e. The molecule has 2 heterocycles. The Morgan fingerprint density at radius 3 is 2.56 bits per heavy atom. The zero-order valence-electron chi connectivity index (χ0n) is 14.3. The van der Waals surface area contributed by atoms with Gasteiger partial charge in [-0.15, -0.1) is 0 Å². The predicted molar refractivity (Wildman–Crippen MR) is 89.3 cm³/mol. The first-order chi connectivity index (χ1) is 12.1. The first-order valence-corrected chi connectivity index (χ1v) is 8.57. The number of nitrogens with zero attached hydrogens (tertiary/aromatic N) is 2. The van der Waals surface area contributed by atoms with Crippen LogP contribution in [0.1, 0.15) is 30.1 Å². The van der Waals surface area contributed by atoms with Crippen LogP contribution in [0.5, 0.6) is 5.75 Å². The van der Waals surface area contributed by atoms with Crippen molar-refractivity contribution < 1.29 is 23.9 Å². The van der Waals surface area contributed by atoms with E-state index < -0.39 is 6.09 Å². The number of ether oxygens (including phenoxy) is 2. The number of rotatable bonds is 7. The number of unbranched alkanes of at least 4 members (excludes halogenated alkanes) is 1. The number of likely N-dealkylation sites (tertiary alicyclic amines) is 1. The van der Waals surface area contributed by atoms with E-state index in [0.29, 0.717) is 31.8 Å². The summed E-state index contributed by atoms with van der Waals surface area (Å²) in [6, 6.07) is 7.13. The Labute approximate surface area is 146 Å². The van der Waals surface area contributed by atoms with Crippen molar-refractivity contribution in [2.24, 2.45) is 5.92 Å². The first kappa shape index (κ1) is 17.3. The van der Waals surface area contributed by atoms with Crippen LogP contribution in [0.25, 0.3) is 0 Å². The lowest BCUT2D eigenvalue weighted by molar-refractivity contribution is -0.126. The van der Waals surface area contributed by atoms with Gasteiger partial charge in [0, 0.05) is 31.1 Å². The molecule has 7 heteroatoms. The lowest BCUT2D eigenvalue weighted by atomic mass is 9.98. The highest BCUT2D eigenvalue weighted by molar-refractivity contribution is 5.98. The van der Waals surface area contributed by atoms with Crippen molar-refractivity contribution in [3.05, 3.63) is 29.8 Å². The Balaban J connectivity index is 1.47. The molecule has 7 nitrogen and oxygen atoms in total. The van der Waals surface area contributed by atoms with Gasteiger partial charge in [0.15, 0.2) is 6.61 Å². The molecule has 25 heavy (non-hydrogen) atoms. The molecule has 0 atom stereocenters. The average molecular weight is 346 g/mol. The third-order valence-electron chi connectivity index (χ3n) is 4.39. The van der Waals surface area contributed by atoms with E-state index in [1.807, 2.05) is 0 Å². The van der Waals surface area contributed by atoms with Crippen LogP contribution in [0.2, 0.25) is 0 Å². The summed E-state index contributed by atoms with van der Waals surface area (Å²) in [6.45, 7) is 3.98. The quantitative estimate of drug-likeness (QED) is 0.705. The van der Waals surface area contributed by atoms with Gasteiger partial charge in [-0.3, -0.25) is 9.59 Å². The molecule has 0 bridgehead atoms. The number of carbonyl (C=O) groups is 3. The molecule has 2 saturated heterocycles. The van der Waals surface area contributed by atoms with Crippen molar-refractivity contribution >= 4 is 17.9 Å². The first-order valence-electron chi connectivity index (χ1n) is 8.57. The van der Waals surface area contributed by atoms with Gasteiger partial charge in [0.1, 0.15) is 5.75 Å². The normalized spacial score (nSPS) is 17.5. The topological polar surface area (TPSA) is 76.2 Å². The highest BCUT2D eigenvalue weighted by atomic mass is 16.6. The van der Waals surface area contributed by atoms with Crippen molar-refractivity contribution in [1.82, 2.24) is 9.80 Å². The summed E-state index contributed by atoms with van der Waals surface area (Å²) in [6.07, 6.45) is 1.49. The lowest BCUT2D eigenvalue weighted by Gasteiger charge is -2.40. The third-order valence-corrected chi connectivity index (χ3v) is 4.39. The Bertz CT molecular complexity index is 636. The fourth-order valence-electron chi connectivity index (χ4n) is 2.88. The van der Waals surface area contributed by atoms with Gasteiger partial charge >= 0.3 is 6.09 Å². The summed E-state index contributed by atoms with van der Waals surface area (Å²) in [4.78, 5) is 38.2. The summed E-state index contributed by atoms with van der Waals surface area (Å²) in [5.74, 6) is 0.507. The molecule has 0 aliphatic carbocycles. The number of amides is 3. The molecule has 0 spiro atoms. The predicted octanol–water partition coefficient (Wildman–Crippen LogP) is 1.92. The second-order valence-electron chi connectivity index (χ2n) is 6.36. The Morgan fingerprint density at radius 1 is 1.24 bits per heavy atom. The minimum Gasteiger partial charge on any atom is -0.494 e. The van der Waals surface area contributed by atoms with Gasteiger partial charge in [-0.1, -0.05) is 13.3 Å². The summed E-state index contributed by atoms with van der Waals surface area (Å²) in [5, 5.41) is 0. The Hall–Kier alpha value is -2.57. The second-order valence-corrected chi connectivity index (χ2v) is 6.36. The fourth-order valence-corrected chi connectivity index (χ4v) is 2.88. The molecule has 0 saturated carbocycles. The van der Waals surface area contributed by atoms with E-state index in [1.165, 1.54) is 0 Å². The molecule has 2 aliphatic rings. The summed E-state index contributed by atoms with van der Waals surface area (Å²) in [5.41, 5.74) is 0.609. The zero-order valence-corrected chi connectivity index (χ0v) is 14.3. The van der Waals surface area contributed by atoms with Crippen molar-refractivity contribution in [2.75, 3.05) is 32.8 Å². The van der Waals surface area contributed by atoms with Gasteiger partial charge in [0.25, 0.3) is 11.8 Å². The van der Waals surface area contributed by atoms with Crippen molar-refractivity contribution in [1.29, 1.82) is 0 Å². The number of hydrogen-bond acceptors (Lipinski definition) is 5. The molecule has 3 rings (SSSR count). The van der Waals surface area contributed by atoms with E-state index in [-0.39, 0.29) is 24.3 Å². The molecule has 2 aliphatic heterocycles. The largest absolute Gasteiger partial charge is 0.494 e. The van der Waals surface area contributed by atoms with E-state index in [0.717, 1.165) is 23.5 Å². The monoisotopic (exact) mass is 346 g/mol. The number of benzene rings is 1. The smallest absolute Gasteiger partial charge is 0.417 e. The molecule has 0 N–H and O–H groups in total. The van der Waals surface area contributed by atoms with Crippen LogP contribution in [-0.4, -0.2) is 60.6 Å². The minimum atomic E-state index is -0.589. The summed E-state index contributed by atoms with van der Waals surface area (Å²) < 4.78 is 10.3. The van der Waals surface area contributed by atoms with Gasteiger partial charge < -0.3 is 14.4 Å². The molecule has 1 aromatic carbocycles. The third kappa shape index (κ3) is 3.92. The van der Waals surface area contributed by atoms with Gasteiger partial charge in [-0.05, 0) is 30.7 Å². The highest BCUT2D eigenvalue weighted by Gasteiger charge is 2.38. The van der Waals surface area contributed by atoms with Gasteiger partial charge in [-0.25, -0.2) is 9.69 Å². The minimum absolute atomic E-state index is 0.0494. The standard InChI is InChI=1S/C18H22N2O5/c1-2-3-8-24-15-6-4-14(5-7-15)17(22)19-9-13(10-19)11-20-16(21)12-25-18(20)23/h4-7,13H,2-3,8-12H2,1H3. The van der Waals surface area contributed by atoms with E-state index in [1.54, 1.807) is 29.2 Å². The van der Waals surface area contributed by atoms with Crippen LogP contribution in [0.15, 0.2) is 24.3 Å². The average Bonchev–Trinajstić information content (AvgIpc) is 2.89. The van der Waals surface area contributed by atoms with Crippen molar-refractivity contribution in [2.45, 2.75) is 19.8 Å². The molecular formula is C18H22N2O5. The molecule has 3 amide bonds. The second kappa shape index (κ2) is 7.55. The Morgan fingerprint density at radius 2 is 1.96 bits per heavy atom. The molecule has 0 radical (unpaired) electrons. The maximum atomic E-state index is 12.4. The number of imide groups is 1. The van der Waals surface area contributed by atoms with Crippen molar-refractivity contribution in [3.63, 3.8) is 0 Å². The van der Waals surface area contributed by atoms with E-state index in [9.17, 15) is 14.4 Å². The van der Waals surface area contributed by atoms with Crippen LogP contribution >= 0.6 is 0 Å². The van der Waals surface area contributed by atoms with E-state index in [4.69, 9.17) is 4.74 Å². The summed E-state index contributed by atoms with van der Waals surface area (Å²) in [7, 11) is 0. The van der Waals surface area contributed by atoms with Crippen LogP contribution in [-0.2, 0) is 9.53 Å². The highest BCUT2D eigenvalue weighted by Crippen LogP contribution is 2.22. The van der Waals surface area contributed by atoms with Crippen LogP contribution < -0.4 is 4.74 Å². The van der Waals surface area contributed by atoms with Gasteiger partial charge in [0.05, 0.1) is 6.61 Å². The van der Waals surface area contributed by atoms with E-state index >= 15 is 0 Å². The Kier molecular flexibility index (Phi) is 5.21. The fraction of sp³-hybridized carbons (Fsp3) is 0.500. The van der Waals surface area contributed by atoms with Crippen LogP contribution in [0, 0.1) is 5.92 Å². The van der Waals surface area contributed by atoms with Crippen LogP contribution in [0.3, 0.4) is 0 Å². The molecule has 1 aromatic rings. The lowest BCUT2D eigenvalue weighted by Crippen LogP contribution is -2.54. The van der Waals surface area contributed by atoms with Gasteiger partial charge in [-0.2, -0.15) is 0 Å². The number of cyclic esters (lactones) is 1. The molecular weight excluding hydrogens is 324 g/mol. The van der Waals surface area contributed by atoms with Gasteiger partial charge in [0.2, 0.25) is 0 Å². The summed E-state index contributed by atoms with van der Waals surface area (Å²) >= 11 is 0. The number of hydrogen-bond donors (Lipinski definition) is 0. The molecule has 0 unspecified atom stereocenters. The van der Waals surface area contributed by atoms with Crippen LogP contribution in [0.4, 0.5) is 4.79 Å². The maximum absolute atomic E-state index is 12.4. The van der Waals surface area contributed by atoms with E-state index in [2.05, 4.69) is 11.7 Å². The molecule has 2 fully saturated rings.